The highest BCUT2D eigenvalue weighted by atomic mass is 19.2. The molecule has 1 unspecified atom stereocenters. The first kappa shape index (κ1) is 21.7. The van der Waals surface area contributed by atoms with Crippen molar-refractivity contribution in [2.75, 3.05) is 13.2 Å². The van der Waals surface area contributed by atoms with Gasteiger partial charge >= 0.3 is 0 Å². The molecule has 0 aromatic heterocycles. The van der Waals surface area contributed by atoms with Crippen molar-refractivity contribution in [2.45, 2.75) is 84.3 Å². The van der Waals surface area contributed by atoms with Gasteiger partial charge in [-0.3, -0.25) is 0 Å². The first-order valence-corrected chi connectivity index (χ1v) is 11.3. The standard InChI is InChI=1S/C24H36F2O2/c1-3-5-10-19(9-4-2)24(13-7-6-8-14-24)20-16-27-23(28-17-20)18-11-12-21(25)22(26)15-18/h11-12,15,19-20,23H,3-10,13-14,16-17H2,1-2H3. The summed E-state index contributed by atoms with van der Waals surface area (Å²) < 4.78 is 39.0. The third-order valence-electron chi connectivity index (χ3n) is 7.07. The van der Waals surface area contributed by atoms with Crippen molar-refractivity contribution in [1.82, 2.24) is 0 Å². The van der Waals surface area contributed by atoms with Gasteiger partial charge in [0.2, 0.25) is 0 Å². The molecule has 1 aliphatic carbocycles. The van der Waals surface area contributed by atoms with Gasteiger partial charge in [-0.1, -0.05) is 64.9 Å². The highest BCUT2D eigenvalue weighted by molar-refractivity contribution is 5.19. The van der Waals surface area contributed by atoms with Crippen molar-refractivity contribution in [3.05, 3.63) is 35.4 Å². The second kappa shape index (κ2) is 10.2. The van der Waals surface area contributed by atoms with Crippen molar-refractivity contribution in [2.24, 2.45) is 17.3 Å². The van der Waals surface area contributed by atoms with Crippen LogP contribution in [0.25, 0.3) is 0 Å². The Kier molecular flexibility index (Phi) is 7.87. The molecule has 1 saturated heterocycles. The summed E-state index contributed by atoms with van der Waals surface area (Å²) in [4.78, 5) is 0. The van der Waals surface area contributed by atoms with Crippen molar-refractivity contribution in [3.8, 4) is 0 Å². The van der Waals surface area contributed by atoms with Crippen molar-refractivity contribution < 1.29 is 18.3 Å². The van der Waals surface area contributed by atoms with Gasteiger partial charge in [0.1, 0.15) is 0 Å². The third-order valence-corrected chi connectivity index (χ3v) is 7.07. The molecule has 28 heavy (non-hydrogen) atoms. The van der Waals surface area contributed by atoms with E-state index >= 15 is 0 Å². The molecule has 4 heteroatoms. The van der Waals surface area contributed by atoms with Gasteiger partial charge in [0.15, 0.2) is 17.9 Å². The minimum atomic E-state index is -0.849. The number of ether oxygens (including phenoxy) is 2. The lowest BCUT2D eigenvalue weighted by Gasteiger charge is -2.51. The SMILES string of the molecule is CCCCC(CCC)C1(C2COC(c3ccc(F)c(F)c3)OC2)CCCCC1. The van der Waals surface area contributed by atoms with Crippen LogP contribution in [0.5, 0.6) is 0 Å². The van der Waals surface area contributed by atoms with Gasteiger partial charge < -0.3 is 9.47 Å². The van der Waals surface area contributed by atoms with E-state index in [4.69, 9.17) is 9.47 Å². The van der Waals surface area contributed by atoms with Gasteiger partial charge in [0, 0.05) is 11.5 Å². The molecule has 1 aromatic rings. The number of rotatable bonds is 8. The Bertz CT molecular complexity index is 605. The summed E-state index contributed by atoms with van der Waals surface area (Å²) in [7, 11) is 0. The van der Waals surface area contributed by atoms with Crippen molar-refractivity contribution in [3.63, 3.8) is 0 Å². The lowest BCUT2D eigenvalue weighted by molar-refractivity contribution is -0.233. The third kappa shape index (κ3) is 4.76. The summed E-state index contributed by atoms with van der Waals surface area (Å²) in [5.41, 5.74) is 0.869. The van der Waals surface area contributed by atoms with Crippen LogP contribution in [0.3, 0.4) is 0 Å². The summed E-state index contributed by atoms with van der Waals surface area (Å²) in [5, 5.41) is 0. The number of benzene rings is 1. The van der Waals surface area contributed by atoms with Gasteiger partial charge in [-0.05, 0) is 42.7 Å². The zero-order valence-electron chi connectivity index (χ0n) is 17.5. The minimum absolute atomic E-state index is 0.308. The fraction of sp³-hybridized carbons (Fsp3) is 0.750. The first-order valence-electron chi connectivity index (χ1n) is 11.3. The maximum atomic E-state index is 13.6. The lowest BCUT2D eigenvalue weighted by atomic mass is 9.57. The Labute approximate surface area is 169 Å². The molecule has 1 aliphatic heterocycles. The molecule has 0 spiro atoms. The number of halogens is 2. The number of hydrogen-bond donors (Lipinski definition) is 0. The molecular formula is C24H36F2O2. The van der Waals surface area contributed by atoms with Crippen molar-refractivity contribution >= 4 is 0 Å². The Hall–Kier alpha value is -1.00. The van der Waals surface area contributed by atoms with Crippen LogP contribution in [0.1, 0.15) is 89.9 Å². The molecule has 1 atom stereocenters. The van der Waals surface area contributed by atoms with Crippen LogP contribution >= 0.6 is 0 Å². The molecule has 2 fully saturated rings. The highest BCUT2D eigenvalue weighted by Gasteiger charge is 2.46. The largest absolute Gasteiger partial charge is 0.348 e. The minimum Gasteiger partial charge on any atom is -0.348 e. The quantitative estimate of drug-likeness (QED) is 0.465. The van der Waals surface area contributed by atoms with E-state index in [1.807, 2.05) is 0 Å². The van der Waals surface area contributed by atoms with E-state index in [1.165, 1.54) is 70.3 Å². The zero-order valence-corrected chi connectivity index (χ0v) is 17.5. The lowest BCUT2D eigenvalue weighted by Crippen LogP contribution is -2.46. The number of hydrogen-bond acceptors (Lipinski definition) is 2. The van der Waals surface area contributed by atoms with Crippen LogP contribution < -0.4 is 0 Å². The summed E-state index contributed by atoms with van der Waals surface area (Å²) >= 11 is 0. The van der Waals surface area contributed by atoms with Gasteiger partial charge in [0.25, 0.3) is 0 Å². The Balaban J connectivity index is 1.72. The highest BCUT2D eigenvalue weighted by Crippen LogP contribution is 2.53. The van der Waals surface area contributed by atoms with Crippen molar-refractivity contribution in [1.29, 1.82) is 0 Å². The Morgan fingerprint density at radius 1 is 0.964 bits per heavy atom. The van der Waals surface area contributed by atoms with Gasteiger partial charge in [-0.15, -0.1) is 0 Å². The molecule has 2 nitrogen and oxygen atoms in total. The van der Waals surface area contributed by atoms with E-state index < -0.39 is 17.9 Å². The molecule has 3 rings (SSSR count). The first-order chi connectivity index (χ1) is 13.6. The Morgan fingerprint density at radius 3 is 2.29 bits per heavy atom. The summed E-state index contributed by atoms with van der Waals surface area (Å²) in [6.45, 7) is 5.87. The smallest absolute Gasteiger partial charge is 0.183 e. The molecule has 1 aromatic carbocycles. The average molecular weight is 395 g/mol. The summed E-state index contributed by atoms with van der Waals surface area (Å²) in [6, 6.07) is 3.90. The maximum Gasteiger partial charge on any atom is 0.183 e. The monoisotopic (exact) mass is 394 g/mol. The second-order valence-electron chi connectivity index (χ2n) is 8.79. The van der Waals surface area contributed by atoms with Crippen LogP contribution in [0.2, 0.25) is 0 Å². The maximum absolute atomic E-state index is 13.6. The van der Waals surface area contributed by atoms with Crippen LogP contribution in [0.15, 0.2) is 18.2 Å². The Morgan fingerprint density at radius 2 is 1.68 bits per heavy atom. The predicted octanol–water partition coefficient (Wildman–Crippen LogP) is 7.18. The molecule has 0 radical (unpaired) electrons. The number of unbranched alkanes of at least 4 members (excludes halogenated alkanes) is 1. The van der Waals surface area contributed by atoms with E-state index in [0.29, 0.717) is 30.1 Å². The molecule has 0 amide bonds. The molecule has 0 N–H and O–H groups in total. The van der Waals surface area contributed by atoms with Crippen LogP contribution in [-0.4, -0.2) is 13.2 Å². The molecule has 2 aliphatic rings. The van der Waals surface area contributed by atoms with Gasteiger partial charge in [0.05, 0.1) is 13.2 Å². The average Bonchev–Trinajstić information content (AvgIpc) is 2.74. The summed E-state index contributed by atoms with van der Waals surface area (Å²) in [6.07, 6.45) is 12.2. The summed E-state index contributed by atoms with van der Waals surface area (Å²) in [5.74, 6) is -0.562. The fourth-order valence-corrected chi connectivity index (χ4v) is 5.56. The molecular weight excluding hydrogens is 358 g/mol. The molecule has 0 bridgehead atoms. The van der Waals surface area contributed by atoms with Gasteiger partial charge in [-0.2, -0.15) is 0 Å². The van der Waals surface area contributed by atoms with Gasteiger partial charge in [-0.25, -0.2) is 8.78 Å². The van der Waals surface area contributed by atoms with Crippen LogP contribution in [0, 0.1) is 28.9 Å². The van der Waals surface area contributed by atoms with E-state index in [0.717, 1.165) is 12.0 Å². The zero-order chi connectivity index (χ0) is 20.0. The van der Waals surface area contributed by atoms with Crippen LogP contribution in [-0.2, 0) is 9.47 Å². The van der Waals surface area contributed by atoms with E-state index in [9.17, 15) is 8.78 Å². The predicted molar refractivity (Wildman–Crippen MR) is 108 cm³/mol. The van der Waals surface area contributed by atoms with E-state index in [1.54, 1.807) is 6.07 Å². The topological polar surface area (TPSA) is 18.5 Å². The second-order valence-corrected chi connectivity index (χ2v) is 8.79. The fourth-order valence-electron chi connectivity index (χ4n) is 5.56. The molecule has 1 saturated carbocycles. The van der Waals surface area contributed by atoms with E-state index in [2.05, 4.69) is 13.8 Å². The van der Waals surface area contributed by atoms with Crippen LogP contribution in [0.4, 0.5) is 8.78 Å². The molecule has 158 valence electrons. The molecule has 1 heterocycles. The van der Waals surface area contributed by atoms with E-state index in [-0.39, 0.29) is 0 Å². The normalized spacial score (nSPS) is 26.1.